The van der Waals surface area contributed by atoms with Crippen molar-refractivity contribution < 1.29 is 13.2 Å². The van der Waals surface area contributed by atoms with Crippen LogP contribution in [-0.4, -0.2) is 44.5 Å². The van der Waals surface area contributed by atoms with E-state index in [0.717, 1.165) is 0 Å². The van der Waals surface area contributed by atoms with Crippen LogP contribution in [0.1, 0.15) is 13.8 Å². The van der Waals surface area contributed by atoms with E-state index in [1.807, 2.05) is 13.8 Å². The molecule has 0 saturated heterocycles. The molecule has 0 saturated carbocycles. The number of hydrogen-bond donors (Lipinski definition) is 1. The van der Waals surface area contributed by atoms with Gasteiger partial charge in [0.2, 0.25) is 10.0 Å². The molecule has 6 nitrogen and oxygen atoms in total. The molecule has 0 aliphatic rings. The predicted octanol–water partition coefficient (Wildman–Crippen LogP) is 0.957. The Morgan fingerprint density at radius 2 is 2.16 bits per heavy atom. The molecule has 0 unspecified atom stereocenters. The molecule has 108 valence electrons. The van der Waals surface area contributed by atoms with E-state index < -0.39 is 10.0 Å². The molecule has 0 aliphatic heterocycles. The summed E-state index contributed by atoms with van der Waals surface area (Å²) in [6.45, 7) is 4.97. The quantitative estimate of drug-likeness (QED) is 0.807. The zero-order chi connectivity index (χ0) is 14.5. The fraction of sp³-hybridized carbons (Fsp3) is 0.583. The summed E-state index contributed by atoms with van der Waals surface area (Å²) in [5, 5.41) is 0. The van der Waals surface area contributed by atoms with Crippen LogP contribution in [-0.2, 0) is 14.8 Å². The average Bonchev–Trinajstić information content (AvgIpc) is 2.34. The minimum atomic E-state index is -3.63. The van der Waals surface area contributed by atoms with Gasteiger partial charge in [-0.3, -0.25) is 4.98 Å². The van der Waals surface area contributed by atoms with Crippen molar-refractivity contribution in [3.63, 3.8) is 0 Å². The molecular weight excluding hydrogens is 266 g/mol. The fourth-order valence-electron chi connectivity index (χ4n) is 1.66. The van der Waals surface area contributed by atoms with E-state index in [0.29, 0.717) is 19.7 Å². The van der Waals surface area contributed by atoms with E-state index in [4.69, 9.17) is 10.5 Å². The lowest BCUT2D eigenvalue weighted by molar-refractivity contribution is 0.175. The molecule has 0 radical (unpaired) electrons. The van der Waals surface area contributed by atoms with Crippen molar-refractivity contribution in [3.05, 3.63) is 18.5 Å². The third-order valence-electron chi connectivity index (χ3n) is 2.55. The first kappa shape index (κ1) is 15.9. The van der Waals surface area contributed by atoms with Crippen molar-refractivity contribution in [1.82, 2.24) is 9.29 Å². The second kappa shape index (κ2) is 6.83. The molecular formula is C12H21N3O3S. The Morgan fingerprint density at radius 3 is 2.68 bits per heavy atom. The maximum Gasteiger partial charge on any atom is 0.246 e. The van der Waals surface area contributed by atoms with Gasteiger partial charge in [0.15, 0.2) is 0 Å². The molecule has 0 aliphatic carbocycles. The molecule has 0 aromatic carbocycles. The highest BCUT2D eigenvalue weighted by atomic mass is 32.2. The first-order chi connectivity index (χ1) is 8.89. The number of rotatable bonds is 7. The zero-order valence-electron chi connectivity index (χ0n) is 11.5. The molecule has 1 heterocycles. The van der Waals surface area contributed by atoms with Gasteiger partial charge in [0, 0.05) is 32.6 Å². The topological polar surface area (TPSA) is 85.5 Å². The number of nitrogens with zero attached hydrogens (tertiary/aromatic N) is 2. The third kappa shape index (κ3) is 4.15. The summed E-state index contributed by atoms with van der Waals surface area (Å²) in [5.74, 6) is 0.213. The van der Waals surface area contributed by atoms with Crippen LogP contribution in [0.15, 0.2) is 23.4 Å². The number of nitrogen functional groups attached to an aromatic ring is 1. The number of sulfonamides is 1. The largest absolute Gasteiger partial charge is 0.398 e. The van der Waals surface area contributed by atoms with Crippen LogP contribution < -0.4 is 5.73 Å². The lowest BCUT2D eigenvalue weighted by atomic mass is 10.2. The second-order valence-electron chi connectivity index (χ2n) is 4.66. The summed E-state index contributed by atoms with van der Waals surface area (Å²) in [7, 11) is -2.09. The van der Waals surface area contributed by atoms with Crippen molar-refractivity contribution in [2.75, 3.05) is 32.5 Å². The molecule has 19 heavy (non-hydrogen) atoms. The summed E-state index contributed by atoms with van der Waals surface area (Å²) in [6, 6.07) is 1.48. The van der Waals surface area contributed by atoms with Gasteiger partial charge in [0.1, 0.15) is 4.90 Å². The normalized spacial score (nSPS) is 12.3. The number of ether oxygens (including phenoxy) is 1. The summed E-state index contributed by atoms with van der Waals surface area (Å²) < 4.78 is 31.4. The van der Waals surface area contributed by atoms with Crippen LogP contribution in [0.25, 0.3) is 0 Å². The predicted molar refractivity (Wildman–Crippen MR) is 74.1 cm³/mol. The number of anilines is 1. The van der Waals surface area contributed by atoms with Crippen LogP contribution >= 0.6 is 0 Å². The summed E-state index contributed by atoms with van der Waals surface area (Å²) in [6.07, 6.45) is 2.75. The van der Waals surface area contributed by atoms with Crippen LogP contribution in [0.5, 0.6) is 0 Å². The molecule has 0 amide bonds. The van der Waals surface area contributed by atoms with Gasteiger partial charge in [-0.25, -0.2) is 8.42 Å². The maximum atomic E-state index is 12.5. The Labute approximate surface area is 114 Å². The van der Waals surface area contributed by atoms with Crippen LogP contribution in [0.4, 0.5) is 5.69 Å². The molecule has 0 spiro atoms. The van der Waals surface area contributed by atoms with E-state index >= 15 is 0 Å². The van der Waals surface area contributed by atoms with Crippen molar-refractivity contribution >= 4 is 15.7 Å². The molecule has 1 aromatic heterocycles. The van der Waals surface area contributed by atoms with Crippen molar-refractivity contribution in [2.24, 2.45) is 5.92 Å². The first-order valence-corrected chi connectivity index (χ1v) is 7.52. The Hall–Kier alpha value is -1.18. The number of aromatic nitrogens is 1. The SMILES string of the molecule is COCCN(CC(C)C)S(=O)(=O)c1cnccc1N. The Morgan fingerprint density at radius 1 is 1.47 bits per heavy atom. The highest BCUT2D eigenvalue weighted by Crippen LogP contribution is 2.21. The molecule has 0 atom stereocenters. The second-order valence-corrected chi connectivity index (χ2v) is 6.57. The Balaban J connectivity index is 3.08. The van der Waals surface area contributed by atoms with Gasteiger partial charge >= 0.3 is 0 Å². The van der Waals surface area contributed by atoms with Crippen molar-refractivity contribution in [3.8, 4) is 0 Å². The van der Waals surface area contributed by atoms with E-state index in [2.05, 4.69) is 4.98 Å². The molecule has 1 rings (SSSR count). The number of methoxy groups -OCH3 is 1. The van der Waals surface area contributed by atoms with Gasteiger partial charge in [0.25, 0.3) is 0 Å². The first-order valence-electron chi connectivity index (χ1n) is 6.08. The highest BCUT2D eigenvalue weighted by Gasteiger charge is 2.26. The van der Waals surface area contributed by atoms with Crippen LogP contribution in [0.2, 0.25) is 0 Å². The van der Waals surface area contributed by atoms with Crippen LogP contribution in [0, 0.1) is 5.92 Å². The van der Waals surface area contributed by atoms with Gasteiger partial charge < -0.3 is 10.5 Å². The van der Waals surface area contributed by atoms with E-state index in [1.165, 1.54) is 22.8 Å². The van der Waals surface area contributed by atoms with Gasteiger partial charge in [-0.05, 0) is 12.0 Å². The zero-order valence-corrected chi connectivity index (χ0v) is 12.4. The maximum absolute atomic E-state index is 12.5. The monoisotopic (exact) mass is 287 g/mol. The van der Waals surface area contributed by atoms with Gasteiger partial charge in [-0.1, -0.05) is 13.8 Å². The molecule has 0 fully saturated rings. The Kier molecular flexibility index (Phi) is 5.71. The van der Waals surface area contributed by atoms with E-state index in [-0.39, 0.29) is 16.5 Å². The van der Waals surface area contributed by atoms with Gasteiger partial charge in [-0.15, -0.1) is 0 Å². The lowest BCUT2D eigenvalue weighted by Gasteiger charge is -2.24. The molecule has 2 N–H and O–H groups in total. The fourth-order valence-corrected chi connectivity index (χ4v) is 3.30. The number of nitrogens with two attached hydrogens (primary N) is 1. The van der Waals surface area contributed by atoms with Gasteiger partial charge in [-0.2, -0.15) is 4.31 Å². The summed E-state index contributed by atoms with van der Waals surface area (Å²) in [5.41, 5.74) is 5.94. The summed E-state index contributed by atoms with van der Waals surface area (Å²) in [4.78, 5) is 3.88. The minimum Gasteiger partial charge on any atom is -0.398 e. The highest BCUT2D eigenvalue weighted by molar-refractivity contribution is 7.89. The van der Waals surface area contributed by atoms with Crippen molar-refractivity contribution in [1.29, 1.82) is 0 Å². The molecule has 7 heteroatoms. The van der Waals surface area contributed by atoms with Crippen LogP contribution in [0.3, 0.4) is 0 Å². The number of pyridine rings is 1. The van der Waals surface area contributed by atoms with E-state index in [1.54, 1.807) is 7.11 Å². The Bertz CT molecular complexity index is 503. The van der Waals surface area contributed by atoms with Gasteiger partial charge in [0.05, 0.1) is 12.3 Å². The lowest BCUT2D eigenvalue weighted by Crippen LogP contribution is -2.37. The summed E-state index contributed by atoms with van der Waals surface area (Å²) >= 11 is 0. The average molecular weight is 287 g/mol. The molecule has 0 bridgehead atoms. The van der Waals surface area contributed by atoms with E-state index in [9.17, 15) is 8.42 Å². The molecule has 1 aromatic rings. The minimum absolute atomic E-state index is 0.0479. The third-order valence-corrected chi connectivity index (χ3v) is 4.46. The number of hydrogen-bond acceptors (Lipinski definition) is 5. The van der Waals surface area contributed by atoms with Crippen molar-refractivity contribution in [2.45, 2.75) is 18.7 Å². The standard InChI is InChI=1S/C12H21N3O3S/c1-10(2)9-15(6-7-18-3)19(16,17)12-8-14-5-4-11(12)13/h4-5,8,10H,6-7,9H2,1-3H3,(H2,13,14). The smallest absolute Gasteiger partial charge is 0.246 e.